The largest absolute Gasteiger partial charge is 0.409 e. The molecule has 0 aromatic rings. The SMILES string of the molecule is CC12CC3CC(C)(C1)CC(CC(=O)NCC(N)=NO)(C3)C2. The number of nitrogens with one attached hydrogen (secondary N) is 1. The molecule has 0 spiro atoms. The third kappa shape index (κ3) is 2.74. The monoisotopic (exact) mass is 293 g/mol. The van der Waals surface area contributed by atoms with E-state index >= 15 is 0 Å². The third-order valence-corrected chi connectivity index (χ3v) is 5.87. The highest BCUT2D eigenvalue weighted by molar-refractivity contribution is 5.87. The van der Waals surface area contributed by atoms with Crippen LogP contribution in [0.25, 0.3) is 0 Å². The molecule has 4 fully saturated rings. The van der Waals surface area contributed by atoms with Crippen LogP contribution in [0.2, 0.25) is 0 Å². The van der Waals surface area contributed by atoms with E-state index in [4.69, 9.17) is 10.9 Å². The van der Waals surface area contributed by atoms with E-state index in [9.17, 15) is 4.79 Å². The lowest BCUT2D eigenvalue weighted by Gasteiger charge is -2.65. The number of amidine groups is 1. The number of hydrogen-bond acceptors (Lipinski definition) is 3. The molecular weight excluding hydrogens is 266 g/mol. The van der Waals surface area contributed by atoms with Crippen LogP contribution in [0.3, 0.4) is 0 Å². The molecular formula is C16H27N3O2. The Bertz CT molecular complexity index is 470. The van der Waals surface area contributed by atoms with Crippen LogP contribution in [0.5, 0.6) is 0 Å². The van der Waals surface area contributed by atoms with E-state index in [1.807, 2.05) is 0 Å². The quantitative estimate of drug-likeness (QED) is 0.321. The summed E-state index contributed by atoms with van der Waals surface area (Å²) in [6.07, 6.45) is 8.17. The highest BCUT2D eigenvalue weighted by Gasteiger charge is 2.60. The summed E-state index contributed by atoms with van der Waals surface area (Å²) in [6.45, 7) is 4.96. The molecule has 0 aromatic heterocycles. The summed E-state index contributed by atoms with van der Waals surface area (Å²) in [7, 11) is 0. The molecule has 21 heavy (non-hydrogen) atoms. The average molecular weight is 293 g/mol. The van der Waals surface area contributed by atoms with Gasteiger partial charge in [-0.05, 0) is 60.7 Å². The molecule has 2 unspecified atom stereocenters. The van der Waals surface area contributed by atoms with E-state index in [2.05, 4.69) is 24.3 Å². The van der Waals surface area contributed by atoms with Crippen LogP contribution in [0, 0.1) is 22.2 Å². The van der Waals surface area contributed by atoms with Crippen LogP contribution in [0.1, 0.15) is 58.8 Å². The summed E-state index contributed by atoms with van der Waals surface area (Å²) in [5.41, 5.74) is 6.45. The minimum Gasteiger partial charge on any atom is -0.409 e. The molecule has 5 nitrogen and oxygen atoms in total. The summed E-state index contributed by atoms with van der Waals surface area (Å²) in [6, 6.07) is 0. The van der Waals surface area contributed by atoms with Crippen LogP contribution < -0.4 is 11.1 Å². The lowest BCUT2D eigenvalue weighted by Crippen LogP contribution is -2.56. The maximum atomic E-state index is 12.3. The fraction of sp³-hybridized carbons (Fsp3) is 0.875. The zero-order valence-corrected chi connectivity index (χ0v) is 13.1. The van der Waals surface area contributed by atoms with Gasteiger partial charge in [-0.15, -0.1) is 0 Å². The lowest BCUT2D eigenvalue weighted by atomic mass is 9.40. The Morgan fingerprint density at radius 3 is 2.38 bits per heavy atom. The first kappa shape index (κ1) is 14.7. The predicted octanol–water partition coefficient (Wildman–Crippen LogP) is 2.24. The van der Waals surface area contributed by atoms with E-state index < -0.39 is 0 Å². The molecule has 4 aliphatic carbocycles. The van der Waals surface area contributed by atoms with Crippen molar-refractivity contribution in [2.24, 2.45) is 33.1 Å². The molecule has 4 saturated carbocycles. The van der Waals surface area contributed by atoms with Gasteiger partial charge < -0.3 is 16.3 Å². The first-order valence-corrected chi connectivity index (χ1v) is 7.99. The summed E-state index contributed by atoms with van der Waals surface area (Å²) in [5.74, 6) is 0.886. The van der Waals surface area contributed by atoms with E-state index in [0.29, 0.717) is 17.3 Å². The molecule has 5 heteroatoms. The zero-order valence-electron chi connectivity index (χ0n) is 13.1. The topological polar surface area (TPSA) is 87.7 Å². The van der Waals surface area contributed by atoms with Crippen molar-refractivity contribution in [1.82, 2.24) is 5.32 Å². The first-order chi connectivity index (χ1) is 9.76. The Balaban J connectivity index is 1.69. The van der Waals surface area contributed by atoms with Gasteiger partial charge in [0, 0.05) is 6.42 Å². The van der Waals surface area contributed by atoms with Crippen molar-refractivity contribution in [1.29, 1.82) is 0 Å². The zero-order chi connectivity index (χ0) is 15.3. The van der Waals surface area contributed by atoms with Crippen molar-refractivity contribution >= 4 is 11.7 Å². The number of carbonyl (C=O) groups is 1. The van der Waals surface area contributed by atoms with Gasteiger partial charge in [0.2, 0.25) is 5.91 Å². The third-order valence-electron chi connectivity index (χ3n) is 5.87. The van der Waals surface area contributed by atoms with Gasteiger partial charge in [0.05, 0.1) is 6.54 Å². The summed E-state index contributed by atoms with van der Waals surface area (Å²) < 4.78 is 0. The highest BCUT2D eigenvalue weighted by atomic mass is 16.4. The average Bonchev–Trinajstić information content (AvgIpc) is 2.30. The molecule has 4 rings (SSSR count). The Morgan fingerprint density at radius 2 is 1.86 bits per heavy atom. The smallest absolute Gasteiger partial charge is 0.220 e. The molecule has 0 aliphatic heterocycles. The Morgan fingerprint density at radius 1 is 1.24 bits per heavy atom. The molecule has 2 atom stereocenters. The number of oxime groups is 1. The van der Waals surface area contributed by atoms with Gasteiger partial charge in [-0.2, -0.15) is 0 Å². The van der Waals surface area contributed by atoms with E-state index in [1.165, 1.54) is 38.5 Å². The minimum atomic E-state index is 0.0377. The Hall–Kier alpha value is -1.26. The van der Waals surface area contributed by atoms with Gasteiger partial charge in [0.25, 0.3) is 0 Å². The minimum absolute atomic E-state index is 0.0377. The number of hydrogen-bond donors (Lipinski definition) is 3. The molecule has 0 aromatic carbocycles. The number of carbonyl (C=O) groups excluding carboxylic acids is 1. The molecule has 4 aliphatic rings. The Kier molecular flexibility index (Phi) is 3.22. The van der Waals surface area contributed by atoms with Gasteiger partial charge in [-0.25, -0.2) is 0 Å². The molecule has 0 radical (unpaired) electrons. The van der Waals surface area contributed by atoms with E-state index in [1.54, 1.807) is 0 Å². The van der Waals surface area contributed by atoms with Crippen LogP contribution >= 0.6 is 0 Å². The van der Waals surface area contributed by atoms with Gasteiger partial charge in [0.1, 0.15) is 0 Å². The van der Waals surface area contributed by atoms with Crippen molar-refractivity contribution < 1.29 is 10.0 Å². The fourth-order valence-corrected chi connectivity index (χ4v) is 6.51. The molecule has 4 N–H and O–H groups in total. The number of rotatable bonds is 4. The standard InChI is InChI=1S/C16H27N3O2/c1-14-3-11-4-15(2,8-14)10-16(5-11,9-14)6-13(20)18-7-12(17)19-21/h11,21H,3-10H2,1-2H3,(H2,17,19)(H,18,20). The second-order valence-electron chi connectivity index (χ2n) is 8.67. The Labute approximate surface area is 126 Å². The van der Waals surface area contributed by atoms with Gasteiger partial charge in [-0.3, -0.25) is 4.79 Å². The summed E-state index contributed by atoms with van der Waals surface area (Å²) in [4.78, 5) is 12.3. The maximum Gasteiger partial charge on any atom is 0.220 e. The van der Waals surface area contributed by atoms with Crippen molar-refractivity contribution in [3.05, 3.63) is 0 Å². The highest BCUT2D eigenvalue weighted by Crippen LogP contribution is 2.70. The van der Waals surface area contributed by atoms with Crippen LogP contribution in [0.15, 0.2) is 5.16 Å². The summed E-state index contributed by atoms with van der Waals surface area (Å²) in [5, 5.41) is 14.2. The van der Waals surface area contributed by atoms with Crippen LogP contribution in [-0.2, 0) is 4.79 Å². The lowest BCUT2D eigenvalue weighted by molar-refractivity contribution is -0.155. The second-order valence-corrected chi connectivity index (χ2v) is 8.67. The number of nitrogens with zero attached hydrogens (tertiary/aromatic N) is 1. The van der Waals surface area contributed by atoms with E-state index in [-0.39, 0.29) is 23.7 Å². The molecule has 1 amide bonds. The van der Waals surface area contributed by atoms with Gasteiger partial charge in [0.15, 0.2) is 5.84 Å². The van der Waals surface area contributed by atoms with Crippen molar-refractivity contribution in [2.45, 2.75) is 58.8 Å². The fourth-order valence-electron chi connectivity index (χ4n) is 6.51. The van der Waals surface area contributed by atoms with Crippen molar-refractivity contribution in [2.75, 3.05) is 6.54 Å². The van der Waals surface area contributed by atoms with Gasteiger partial charge >= 0.3 is 0 Å². The molecule has 118 valence electrons. The van der Waals surface area contributed by atoms with Gasteiger partial charge in [-0.1, -0.05) is 19.0 Å². The second kappa shape index (κ2) is 4.62. The van der Waals surface area contributed by atoms with E-state index in [0.717, 1.165) is 5.92 Å². The predicted molar refractivity (Wildman–Crippen MR) is 80.9 cm³/mol. The molecule has 0 heterocycles. The molecule has 4 bridgehead atoms. The van der Waals surface area contributed by atoms with Crippen LogP contribution in [0.4, 0.5) is 0 Å². The first-order valence-electron chi connectivity index (χ1n) is 7.99. The van der Waals surface area contributed by atoms with Crippen LogP contribution in [-0.4, -0.2) is 23.5 Å². The van der Waals surface area contributed by atoms with Crippen molar-refractivity contribution in [3.8, 4) is 0 Å². The number of amides is 1. The van der Waals surface area contributed by atoms with Crippen molar-refractivity contribution in [3.63, 3.8) is 0 Å². The summed E-state index contributed by atoms with van der Waals surface area (Å²) >= 11 is 0. The molecule has 0 saturated heterocycles. The number of nitrogens with two attached hydrogens (primary N) is 1. The normalized spacial score (nSPS) is 44.9. The maximum absolute atomic E-state index is 12.3.